The van der Waals surface area contributed by atoms with Gasteiger partial charge in [-0.1, -0.05) is 26.2 Å². The van der Waals surface area contributed by atoms with E-state index in [1.807, 2.05) is 6.07 Å². The molecule has 1 aromatic heterocycles. The molecule has 3 N–H and O–H groups in total. The minimum atomic E-state index is -0.443. The van der Waals surface area contributed by atoms with E-state index in [-0.39, 0.29) is 11.9 Å². The van der Waals surface area contributed by atoms with Crippen LogP contribution in [0.5, 0.6) is 0 Å². The van der Waals surface area contributed by atoms with Crippen LogP contribution < -0.4 is 10.6 Å². The van der Waals surface area contributed by atoms with Crippen molar-refractivity contribution in [3.63, 3.8) is 0 Å². The Morgan fingerprint density at radius 2 is 2.14 bits per heavy atom. The molecule has 1 fully saturated rings. The second kappa shape index (κ2) is 7.98. The van der Waals surface area contributed by atoms with Crippen molar-refractivity contribution in [2.24, 2.45) is 0 Å². The molecule has 1 saturated carbocycles. The molecule has 5 nitrogen and oxygen atoms in total. The number of carbonyl (C=O) groups is 1. The number of aromatic nitrogens is 1. The van der Waals surface area contributed by atoms with Crippen molar-refractivity contribution in [2.45, 2.75) is 57.6 Å². The lowest BCUT2D eigenvalue weighted by Crippen LogP contribution is -2.42. The monoisotopic (exact) mass is 291 g/mol. The second-order valence-electron chi connectivity index (χ2n) is 5.64. The van der Waals surface area contributed by atoms with Gasteiger partial charge in [-0.3, -0.25) is 4.79 Å². The summed E-state index contributed by atoms with van der Waals surface area (Å²) in [4.78, 5) is 16.4. The highest BCUT2D eigenvalue weighted by Gasteiger charge is 2.23. The molecule has 0 radical (unpaired) electrons. The highest BCUT2D eigenvalue weighted by molar-refractivity contribution is 5.92. The molecule has 0 bridgehead atoms. The Kier molecular flexibility index (Phi) is 5.99. The average molecular weight is 291 g/mol. The van der Waals surface area contributed by atoms with Crippen LogP contribution in [0.2, 0.25) is 0 Å². The number of hydrogen-bond acceptors (Lipinski definition) is 4. The van der Waals surface area contributed by atoms with E-state index in [1.165, 1.54) is 0 Å². The number of nitrogens with zero attached hydrogens (tertiary/aromatic N) is 1. The van der Waals surface area contributed by atoms with Gasteiger partial charge in [-0.2, -0.15) is 0 Å². The molecule has 0 aliphatic heterocycles. The number of carbonyl (C=O) groups excluding carboxylic acids is 1. The first-order valence-corrected chi connectivity index (χ1v) is 7.89. The molecule has 1 amide bonds. The number of amides is 1. The fraction of sp³-hybridized carbons (Fsp3) is 0.625. The normalized spacial score (nSPS) is 22.4. The van der Waals surface area contributed by atoms with Crippen molar-refractivity contribution in [2.75, 3.05) is 11.9 Å². The summed E-state index contributed by atoms with van der Waals surface area (Å²) < 4.78 is 0. The van der Waals surface area contributed by atoms with Crippen LogP contribution in [0.4, 0.5) is 5.69 Å². The van der Waals surface area contributed by atoms with E-state index >= 15 is 0 Å². The molecule has 2 unspecified atom stereocenters. The van der Waals surface area contributed by atoms with Crippen molar-refractivity contribution in [1.29, 1.82) is 0 Å². The van der Waals surface area contributed by atoms with E-state index in [1.54, 1.807) is 12.3 Å². The van der Waals surface area contributed by atoms with Crippen molar-refractivity contribution in [3.05, 3.63) is 24.0 Å². The molecule has 1 aliphatic carbocycles. The Labute approximate surface area is 126 Å². The van der Waals surface area contributed by atoms with Crippen LogP contribution in [0.3, 0.4) is 0 Å². The summed E-state index contributed by atoms with van der Waals surface area (Å²) in [5, 5.41) is 16.2. The largest absolute Gasteiger partial charge is 0.391 e. The van der Waals surface area contributed by atoms with Gasteiger partial charge in [0, 0.05) is 6.54 Å². The van der Waals surface area contributed by atoms with Gasteiger partial charge in [-0.15, -0.1) is 0 Å². The van der Waals surface area contributed by atoms with Crippen molar-refractivity contribution in [1.82, 2.24) is 10.3 Å². The van der Waals surface area contributed by atoms with E-state index in [9.17, 15) is 9.90 Å². The molecular formula is C16H25N3O2. The number of hydrogen-bond donors (Lipinski definition) is 3. The number of anilines is 1. The van der Waals surface area contributed by atoms with Gasteiger partial charge in [0.1, 0.15) is 5.69 Å². The zero-order chi connectivity index (χ0) is 15.1. The fourth-order valence-corrected chi connectivity index (χ4v) is 2.60. The average Bonchev–Trinajstić information content (AvgIpc) is 2.70. The minimum Gasteiger partial charge on any atom is -0.391 e. The summed E-state index contributed by atoms with van der Waals surface area (Å²) in [6, 6.07) is 3.43. The third-order valence-corrected chi connectivity index (χ3v) is 3.87. The van der Waals surface area contributed by atoms with Gasteiger partial charge in [0.05, 0.1) is 24.0 Å². The van der Waals surface area contributed by atoms with Crippen LogP contribution in [-0.4, -0.2) is 34.7 Å². The molecule has 0 aromatic carbocycles. The first-order chi connectivity index (χ1) is 10.2. The van der Waals surface area contributed by atoms with E-state index in [0.717, 1.165) is 50.8 Å². The summed E-state index contributed by atoms with van der Waals surface area (Å²) in [7, 11) is 0. The topological polar surface area (TPSA) is 74.2 Å². The van der Waals surface area contributed by atoms with Gasteiger partial charge in [-0.05, 0) is 31.4 Å². The molecule has 1 heterocycles. The van der Waals surface area contributed by atoms with E-state index in [2.05, 4.69) is 22.5 Å². The Balaban J connectivity index is 1.92. The number of pyridine rings is 1. The van der Waals surface area contributed by atoms with E-state index in [0.29, 0.717) is 5.69 Å². The summed E-state index contributed by atoms with van der Waals surface area (Å²) in [5.41, 5.74) is 1.32. The highest BCUT2D eigenvalue weighted by Crippen LogP contribution is 2.18. The zero-order valence-corrected chi connectivity index (χ0v) is 12.6. The molecule has 1 aromatic rings. The maximum atomic E-state index is 12.2. The predicted molar refractivity (Wildman–Crippen MR) is 83.4 cm³/mol. The molecule has 1 aliphatic rings. The van der Waals surface area contributed by atoms with Crippen LogP contribution in [0.15, 0.2) is 18.3 Å². The van der Waals surface area contributed by atoms with Crippen LogP contribution in [0, 0.1) is 0 Å². The van der Waals surface area contributed by atoms with Gasteiger partial charge in [0.15, 0.2) is 0 Å². The van der Waals surface area contributed by atoms with Gasteiger partial charge in [0.25, 0.3) is 5.91 Å². The van der Waals surface area contributed by atoms with Crippen molar-refractivity contribution >= 4 is 11.6 Å². The van der Waals surface area contributed by atoms with Crippen molar-refractivity contribution < 1.29 is 9.90 Å². The van der Waals surface area contributed by atoms with Gasteiger partial charge < -0.3 is 15.7 Å². The first kappa shape index (κ1) is 15.8. The molecule has 116 valence electrons. The molecule has 2 atom stereocenters. The number of nitrogens with one attached hydrogen (secondary N) is 2. The Morgan fingerprint density at radius 1 is 1.33 bits per heavy atom. The van der Waals surface area contributed by atoms with Gasteiger partial charge >= 0.3 is 0 Å². The first-order valence-electron chi connectivity index (χ1n) is 7.89. The van der Waals surface area contributed by atoms with Gasteiger partial charge in [-0.25, -0.2) is 4.98 Å². The second-order valence-corrected chi connectivity index (χ2v) is 5.64. The maximum Gasteiger partial charge on any atom is 0.270 e. The molecule has 5 heteroatoms. The SMILES string of the molecule is CCCNc1ccc(C(=O)NC2CCCCCC2O)nc1. The minimum absolute atomic E-state index is 0.153. The molecule has 2 rings (SSSR count). The van der Waals surface area contributed by atoms with Crippen LogP contribution in [-0.2, 0) is 0 Å². The Bertz CT molecular complexity index is 447. The summed E-state index contributed by atoms with van der Waals surface area (Å²) >= 11 is 0. The third-order valence-electron chi connectivity index (χ3n) is 3.87. The van der Waals surface area contributed by atoms with E-state index < -0.39 is 6.10 Å². The predicted octanol–water partition coefficient (Wildman–Crippen LogP) is 2.33. The fourth-order valence-electron chi connectivity index (χ4n) is 2.60. The van der Waals surface area contributed by atoms with Crippen molar-refractivity contribution in [3.8, 4) is 0 Å². The molecule has 0 spiro atoms. The number of aliphatic hydroxyl groups excluding tert-OH is 1. The quantitative estimate of drug-likeness (QED) is 0.728. The molecule has 0 saturated heterocycles. The summed E-state index contributed by atoms with van der Waals surface area (Å²) in [5.74, 6) is -0.206. The summed E-state index contributed by atoms with van der Waals surface area (Å²) in [6.07, 6.45) is 7.08. The molecule has 21 heavy (non-hydrogen) atoms. The zero-order valence-electron chi connectivity index (χ0n) is 12.6. The van der Waals surface area contributed by atoms with Gasteiger partial charge in [0.2, 0.25) is 0 Å². The van der Waals surface area contributed by atoms with Crippen LogP contribution >= 0.6 is 0 Å². The third kappa shape index (κ3) is 4.70. The highest BCUT2D eigenvalue weighted by atomic mass is 16.3. The van der Waals surface area contributed by atoms with Crippen LogP contribution in [0.25, 0.3) is 0 Å². The lowest BCUT2D eigenvalue weighted by atomic mass is 10.1. The molecular weight excluding hydrogens is 266 g/mol. The lowest BCUT2D eigenvalue weighted by Gasteiger charge is -2.21. The maximum absolute atomic E-state index is 12.2. The summed E-state index contributed by atoms with van der Waals surface area (Å²) in [6.45, 7) is 2.99. The smallest absolute Gasteiger partial charge is 0.270 e. The Morgan fingerprint density at radius 3 is 2.86 bits per heavy atom. The Hall–Kier alpha value is -1.62. The standard InChI is InChI=1S/C16H25N3O2/c1-2-10-17-12-8-9-14(18-11-12)16(21)19-13-6-4-3-5-7-15(13)20/h8-9,11,13,15,17,20H,2-7,10H2,1H3,(H,19,21). The van der Waals surface area contributed by atoms with E-state index in [4.69, 9.17) is 0 Å². The number of rotatable bonds is 5. The number of aliphatic hydroxyl groups is 1. The van der Waals surface area contributed by atoms with Crippen LogP contribution in [0.1, 0.15) is 55.9 Å². The lowest BCUT2D eigenvalue weighted by molar-refractivity contribution is 0.0814.